The normalized spacial score (nSPS) is 19.0. The van der Waals surface area contributed by atoms with Crippen molar-refractivity contribution >= 4 is 11.9 Å². The van der Waals surface area contributed by atoms with Crippen LogP contribution in [0.2, 0.25) is 0 Å². The lowest BCUT2D eigenvalue weighted by atomic mass is 9.97. The summed E-state index contributed by atoms with van der Waals surface area (Å²) < 4.78 is 11.0. The topological polar surface area (TPSA) is 110 Å². The number of carbonyl (C=O) groups excluding carboxylic acids is 1. The number of morpholine rings is 1. The lowest BCUT2D eigenvalue weighted by molar-refractivity contribution is 0.0693. The first-order chi connectivity index (χ1) is 16.2. The fraction of sp³-hybridized carbons (Fsp3) is 0.478. The van der Waals surface area contributed by atoms with Gasteiger partial charge in [-0.05, 0) is 31.4 Å². The highest BCUT2D eigenvalue weighted by Gasteiger charge is 2.30. The fourth-order valence-electron chi connectivity index (χ4n) is 4.32. The summed E-state index contributed by atoms with van der Waals surface area (Å²) >= 11 is 0. The molecule has 0 spiro atoms. The molecule has 3 aromatic heterocycles. The molecule has 2 fully saturated rings. The van der Waals surface area contributed by atoms with E-state index < -0.39 is 0 Å². The van der Waals surface area contributed by atoms with E-state index >= 15 is 0 Å². The molecule has 10 nitrogen and oxygen atoms in total. The molecule has 0 bridgehead atoms. The quantitative estimate of drug-likeness (QED) is 0.579. The smallest absolute Gasteiger partial charge is 0.257 e. The van der Waals surface area contributed by atoms with Gasteiger partial charge in [0, 0.05) is 50.3 Å². The number of aromatic nitrogens is 5. The molecule has 2 saturated heterocycles. The Labute approximate surface area is 192 Å². The molecular formula is C23H27N7O3. The van der Waals surface area contributed by atoms with Crippen molar-refractivity contribution in [2.75, 3.05) is 44.3 Å². The van der Waals surface area contributed by atoms with Crippen molar-refractivity contribution in [1.29, 1.82) is 0 Å². The highest BCUT2D eigenvalue weighted by molar-refractivity contribution is 5.95. The van der Waals surface area contributed by atoms with Crippen molar-refractivity contribution in [3.8, 4) is 11.4 Å². The number of pyridine rings is 1. The number of likely N-dealkylation sites (tertiary alicyclic amines) is 1. The molecule has 172 valence electrons. The van der Waals surface area contributed by atoms with Gasteiger partial charge < -0.3 is 19.1 Å². The predicted octanol–water partition coefficient (Wildman–Crippen LogP) is 2.34. The van der Waals surface area contributed by atoms with E-state index in [1.54, 1.807) is 18.6 Å². The van der Waals surface area contributed by atoms with Crippen molar-refractivity contribution in [2.24, 2.45) is 0 Å². The monoisotopic (exact) mass is 449 g/mol. The van der Waals surface area contributed by atoms with Crippen LogP contribution in [0.25, 0.3) is 11.4 Å². The number of anilines is 1. The van der Waals surface area contributed by atoms with Crippen LogP contribution in [0.5, 0.6) is 0 Å². The van der Waals surface area contributed by atoms with E-state index in [0.29, 0.717) is 56.0 Å². The molecule has 0 aliphatic carbocycles. The van der Waals surface area contributed by atoms with Gasteiger partial charge in [-0.25, -0.2) is 9.97 Å². The summed E-state index contributed by atoms with van der Waals surface area (Å²) in [5, 5.41) is 4.11. The Bertz CT molecular complexity index is 1100. The molecule has 0 radical (unpaired) electrons. The van der Waals surface area contributed by atoms with Gasteiger partial charge in [0.25, 0.3) is 5.91 Å². The van der Waals surface area contributed by atoms with Crippen molar-refractivity contribution in [3.05, 3.63) is 47.9 Å². The van der Waals surface area contributed by atoms with E-state index in [-0.39, 0.29) is 11.8 Å². The zero-order chi connectivity index (χ0) is 22.6. The molecular weight excluding hydrogens is 422 g/mol. The number of hydrogen-bond acceptors (Lipinski definition) is 9. The van der Waals surface area contributed by atoms with Crippen LogP contribution in [0.1, 0.15) is 47.6 Å². The van der Waals surface area contributed by atoms with E-state index in [4.69, 9.17) is 14.2 Å². The molecule has 10 heteroatoms. The van der Waals surface area contributed by atoms with Gasteiger partial charge in [-0.3, -0.25) is 9.78 Å². The molecule has 0 N–H and O–H groups in total. The van der Waals surface area contributed by atoms with Crippen molar-refractivity contribution < 1.29 is 14.1 Å². The number of rotatable bonds is 5. The van der Waals surface area contributed by atoms with Gasteiger partial charge in [-0.15, -0.1) is 0 Å². The molecule has 5 heterocycles. The van der Waals surface area contributed by atoms with Crippen LogP contribution < -0.4 is 4.90 Å². The van der Waals surface area contributed by atoms with Crippen LogP contribution >= 0.6 is 0 Å². The summed E-state index contributed by atoms with van der Waals surface area (Å²) in [5.41, 5.74) is 2.15. The molecule has 1 unspecified atom stereocenters. The molecule has 3 aromatic rings. The molecule has 5 rings (SSSR count). The zero-order valence-corrected chi connectivity index (χ0v) is 18.7. The summed E-state index contributed by atoms with van der Waals surface area (Å²) in [7, 11) is 0. The van der Waals surface area contributed by atoms with Crippen molar-refractivity contribution in [1.82, 2.24) is 30.0 Å². The second-order valence-corrected chi connectivity index (χ2v) is 8.27. The summed E-state index contributed by atoms with van der Waals surface area (Å²) in [4.78, 5) is 35.3. The number of aryl methyl sites for hydroxylation is 1. The minimum Gasteiger partial charge on any atom is -0.378 e. The average Bonchev–Trinajstić information content (AvgIpc) is 3.39. The molecule has 33 heavy (non-hydrogen) atoms. The number of ether oxygens (including phenoxy) is 1. The number of carbonyl (C=O) groups is 1. The van der Waals surface area contributed by atoms with Gasteiger partial charge in [0.2, 0.25) is 17.7 Å². The Balaban J connectivity index is 1.31. The van der Waals surface area contributed by atoms with Crippen molar-refractivity contribution in [2.45, 2.75) is 32.1 Å². The van der Waals surface area contributed by atoms with E-state index in [2.05, 4.69) is 25.0 Å². The lowest BCUT2D eigenvalue weighted by Gasteiger charge is -2.31. The van der Waals surface area contributed by atoms with E-state index in [9.17, 15) is 4.79 Å². The number of amides is 1. The maximum Gasteiger partial charge on any atom is 0.257 e. The zero-order valence-electron chi connectivity index (χ0n) is 18.7. The maximum atomic E-state index is 13.4. The van der Waals surface area contributed by atoms with Crippen molar-refractivity contribution in [3.63, 3.8) is 0 Å². The third-order valence-electron chi connectivity index (χ3n) is 6.13. The summed E-state index contributed by atoms with van der Waals surface area (Å²) in [6.45, 7) is 6.08. The SMILES string of the molecule is CCc1nc(N2CCOCC2)ncc1C(=O)N1CCCC(c2nc(-c3cccnc3)no2)C1. The third kappa shape index (κ3) is 4.56. The van der Waals surface area contributed by atoms with E-state index in [1.165, 1.54) is 0 Å². The minimum atomic E-state index is -0.0444. The van der Waals surface area contributed by atoms with Gasteiger partial charge in [-0.1, -0.05) is 12.1 Å². The van der Waals surface area contributed by atoms with Gasteiger partial charge in [0.15, 0.2) is 0 Å². The summed E-state index contributed by atoms with van der Waals surface area (Å²) in [5.74, 6) is 1.69. The largest absolute Gasteiger partial charge is 0.378 e. The van der Waals surface area contributed by atoms with E-state index in [1.807, 2.05) is 24.0 Å². The van der Waals surface area contributed by atoms with Gasteiger partial charge in [-0.2, -0.15) is 4.98 Å². The maximum absolute atomic E-state index is 13.4. The molecule has 2 aliphatic rings. The second-order valence-electron chi connectivity index (χ2n) is 8.27. The van der Waals surface area contributed by atoms with Crippen LogP contribution in [0, 0.1) is 0 Å². The van der Waals surface area contributed by atoms with Crippen LogP contribution in [-0.2, 0) is 11.2 Å². The molecule has 0 aromatic carbocycles. The summed E-state index contributed by atoms with van der Waals surface area (Å²) in [6, 6.07) is 3.73. The molecule has 2 aliphatic heterocycles. The van der Waals surface area contributed by atoms with Crippen LogP contribution in [0.4, 0.5) is 5.95 Å². The highest BCUT2D eigenvalue weighted by Crippen LogP contribution is 2.28. The Kier molecular flexibility index (Phi) is 6.25. The lowest BCUT2D eigenvalue weighted by Crippen LogP contribution is -2.40. The second kappa shape index (κ2) is 9.62. The summed E-state index contributed by atoms with van der Waals surface area (Å²) in [6.07, 6.45) is 7.52. The number of piperidine rings is 1. The van der Waals surface area contributed by atoms with Crippen LogP contribution in [-0.4, -0.2) is 75.3 Å². The van der Waals surface area contributed by atoms with Crippen LogP contribution in [0.15, 0.2) is 35.2 Å². The Morgan fingerprint density at radius 3 is 2.85 bits per heavy atom. The standard InChI is InChI=1S/C23H27N7O3/c1-2-19-18(14-25-23(26-19)29-9-11-32-12-10-29)22(31)30-8-4-6-17(15-30)21-27-20(28-33-21)16-5-3-7-24-13-16/h3,5,7,13-14,17H,2,4,6,8-12,15H2,1H3. The molecule has 1 amide bonds. The third-order valence-corrected chi connectivity index (χ3v) is 6.13. The Morgan fingerprint density at radius 1 is 1.18 bits per heavy atom. The van der Waals surface area contributed by atoms with Gasteiger partial charge in [0.1, 0.15) is 0 Å². The first kappa shape index (κ1) is 21.4. The van der Waals surface area contributed by atoms with E-state index in [0.717, 1.165) is 37.2 Å². The first-order valence-electron chi connectivity index (χ1n) is 11.4. The molecule has 1 atom stereocenters. The van der Waals surface area contributed by atoms with Gasteiger partial charge in [0.05, 0.1) is 30.4 Å². The highest BCUT2D eigenvalue weighted by atomic mass is 16.5. The van der Waals surface area contributed by atoms with Crippen LogP contribution in [0.3, 0.4) is 0 Å². The molecule has 0 saturated carbocycles. The number of nitrogens with zero attached hydrogens (tertiary/aromatic N) is 7. The minimum absolute atomic E-state index is 0.000704. The number of hydrogen-bond donors (Lipinski definition) is 0. The first-order valence-corrected chi connectivity index (χ1v) is 11.4. The predicted molar refractivity (Wildman–Crippen MR) is 120 cm³/mol. The Morgan fingerprint density at radius 2 is 2.06 bits per heavy atom. The average molecular weight is 450 g/mol. The van der Waals surface area contributed by atoms with Gasteiger partial charge >= 0.3 is 0 Å². The fourth-order valence-corrected chi connectivity index (χ4v) is 4.32. The Hall–Kier alpha value is -3.40.